The van der Waals surface area contributed by atoms with E-state index in [1.165, 1.54) is 4.31 Å². The van der Waals surface area contributed by atoms with Gasteiger partial charge in [-0.25, -0.2) is 8.42 Å². The number of carbonyl (C=O) groups excluding carboxylic acids is 1. The normalized spacial score (nSPS) is 22.8. The zero-order valence-electron chi connectivity index (χ0n) is 11.1. The Bertz CT molecular complexity index is 405. The van der Waals surface area contributed by atoms with E-state index in [0.29, 0.717) is 13.0 Å². The molecule has 1 saturated heterocycles. The molecule has 0 aromatic heterocycles. The lowest BCUT2D eigenvalue weighted by Gasteiger charge is -2.35. The van der Waals surface area contributed by atoms with Crippen LogP contribution in [0.1, 0.15) is 33.1 Å². The molecule has 0 radical (unpaired) electrons. The van der Waals surface area contributed by atoms with Crippen molar-refractivity contribution in [3.05, 3.63) is 0 Å². The van der Waals surface area contributed by atoms with E-state index >= 15 is 0 Å². The Balaban J connectivity index is 2.82. The number of hydrogen-bond acceptors (Lipinski definition) is 4. The van der Waals surface area contributed by atoms with Gasteiger partial charge in [-0.15, -0.1) is 0 Å². The Morgan fingerprint density at radius 2 is 2.06 bits per heavy atom. The second-order valence-electron chi connectivity index (χ2n) is 5.42. The molecule has 1 amide bonds. The Kier molecular flexibility index (Phi) is 4.74. The summed E-state index contributed by atoms with van der Waals surface area (Å²) < 4.78 is 24.5. The first-order valence-electron chi connectivity index (χ1n) is 6.07. The average molecular weight is 278 g/mol. The summed E-state index contributed by atoms with van der Waals surface area (Å²) in [5.74, 6) is -0.334. The van der Waals surface area contributed by atoms with Crippen LogP contribution in [0.4, 0.5) is 0 Å². The van der Waals surface area contributed by atoms with Crippen LogP contribution in [0, 0.1) is 0 Å². The first kappa shape index (κ1) is 15.4. The van der Waals surface area contributed by atoms with Gasteiger partial charge in [0.1, 0.15) is 6.04 Å². The lowest BCUT2D eigenvalue weighted by atomic mass is 10.0. The van der Waals surface area contributed by atoms with Crippen molar-refractivity contribution < 1.29 is 18.3 Å². The van der Waals surface area contributed by atoms with Crippen molar-refractivity contribution in [2.75, 3.05) is 19.4 Å². The molecule has 1 aliphatic rings. The van der Waals surface area contributed by atoms with Crippen molar-refractivity contribution in [1.82, 2.24) is 9.62 Å². The summed E-state index contributed by atoms with van der Waals surface area (Å²) in [5, 5.41) is 11.8. The van der Waals surface area contributed by atoms with E-state index in [0.717, 1.165) is 19.1 Å². The number of rotatable bonds is 4. The fourth-order valence-electron chi connectivity index (χ4n) is 2.02. The molecule has 0 saturated carbocycles. The maximum atomic E-state index is 12.1. The highest BCUT2D eigenvalue weighted by molar-refractivity contribution is 7.88. The molecule has 1 fully saturated rings. The van der Waals surface area contributed by atoms with Crippen molar-refractivity contribution in [3.8, 4) is 0 Å². The van der Waals surface area contributed by atoms with Gasteiger partial charge in [0.15, 0.2) is 0 Å². The highest BCUT2D eigenvalue weighted by Crippen LogP contribution is 2.20. The van der Waals surface area contributed by atoms with Crippen molar-refractivity contribution in [1.29, 1.82) is 0 Å². The molecule has 0 bridgehead atoms. The van der Waals surface area contributed by atoms with Gasteiger partial charge in [0.25, 0.3) is 0 Å². The number of nitrogens with one attached hydrogen (secondary N) is 1. The van der Waals surface area contributed by atoms with Gasteiger partial charge < -0.3 is 10.4 Å². The maximum absolute atomic E-state index is 12.1. The van der Waals surface area contributed by atoms with E-state index in [1.54, 1.807) is 13.8 Å². The van der Waals surface area contributed by atoms with Crippen LogP contribution in [0.15, 0.2) is 0 Å². The summed E-state index contributed by atoms with van der Waals surface area (Å²) >= 11 is 0. The van der Waals surface area contributed by atoms with Crippen molar-refractivity contribution in [3.63, 3.8) is 0 Å². The molecular weight excluding hydrogens is 256 g/mol. The zero-order valence-corrected chi connectivity index (χ0v) is 12.0. The quantitative estimate of drug-likeness (QED) is 0.738. The third-order valence-corrected chi connectivity index (χ3v) is 4.33. The second kappa shape index (κ2) is 5.54. The maximum Gasteiger partial charge on any atom is 0.238 e. The molecule has 1 atom stereocenters. The lowest BCUT2D eigenvalue weighted by molar-refractivity contribution is -0.127. The standard InChI is InChI=1S/C11H22N2O4S/c1-11(2,8-14)12-10(15)9-6-4-5-7-13(9)18(3,16)17/h9,14H,4-8H2,1-3H3,(H,12,15). The van der Waals surface area contributed by atoms with E-state index in [4.69, 9.17) is 5.11 Å². The highest BCUT2D eigenvalue weighted by Gasteiger charge is 2.36. The van der Waals surface area contributed by atoms with Crippen LogP contribution in [0.3, 0.4) is 0 Å². The smallest absolute Gasteiger partial charge is 0.238 e. The van der Waals surface area contributed by atoms with Gasteiger partial charge in [0.2, 0.25) is 15.9 Å². The van der Waals surface area contributed by atoms with Crippen LogP contribution in [0.5, 0.6) is 0 Å². The minimum atomic E-state index is -3.37. The number of aliphatic hydroxyl groups is 1. The fourth-order valence-corrected chi connectivity index (χ4v) is 3.14. The summed E-state index contributed by atoms with van der Waals surface area (Å²) in [5.41, 5.74) is -0.738. The number of hydrogen-bond donors (Lipinski definition) is 2. The fraction of sp³-hybridized carbons (Fsp3) is 0.909. The van der Waals surface area contributed by atoms with E-state index in [2.05, 4.69) is 5.32 Å². The summed E-state index contributed by atoms with van der Waals surface area (Å²) in [6.07, 6.45) is 3.26. The molecule has 2 N–H and O–H groups in total. The second-order valence-corrected chi connectivity index (χ2v) is 7.35. The lowest BCUT2D eigenvalue weighted by Crippen LogP contribution is -2.56. The van der Waals surface area contributed by atoms with Crippen LogP contribution >= 0.6 is 0 Å². The minimum absolute atomic E-state index is 0.190. The molecule has 6 nitrogen and oxygen atoms in total. The Labute approximate surface area is 108 Å². The summed E-state index contributed by atoms with van der Waals surface area (Å²) in [4.78, 5) is 12.1. The molecule has 1 heterocycles. The predicted molar refractivity (Wildman–Crippen MR) is 68.5 cm³/mol. The summed E-state index contributed by atoms with van der Waals surface area (Å²) in [6, 6.07) is -0.653. The monoisotopic (exact) mass is 278 g/mol. The average Bonchev–Trinajstić information content (AvgIpc) is 2.27. The third kappa shape index (κ3) is 3.93. The number of nitrogens with zero attached hydrogens (tertiary/aromatic N) is 1. The molecule has 0 aliphatic carbocycles. The number of carbonyl (C=O) groups is 1. The molecule has 7 heteroatoms. The molecule has 1 unspecified atom stereocenters. The number of aliphatic hydroxyl groups excluding tert-OH is 1. The van der Waals surface area contributed by atoms with E-state index in [9.17, 15) is 13.2 Å². The third-order valence-electron chi connectivity index (χ3n) is 3.04. The van der Waals surface area contributed by atoms with E-state index in [1.807, 2.05) is 0 Å². The SMILES string of the molecule is CC(C)(CO)NC(=O)C1CCCCN1S(C)(=O)=O. The molecule has 0 aromatic rings. The van der Waals surface area contributed by atoms with Gasteiger partial charge in [-0.2, -0.15) is 4.31 Å². The van der Waals surface area contributed by atoms with E-state index in [-0.39, 0.29) is 12.5 Å². The molecule has 106 valence electrons. The zero-order chi connectivity index (χ0) is 14.0. The molecule has 1 rings (SSSR count). The Morgan fingerprint density at radius 1 is 1.44 bits per heavy atom. The Morgan fingerprint density at radius 3 is 2.56 bits per heavy atom. The van der Waals surface area contributed by atoms with Gasteiger partial charge in [-0.3, -0.25) is 4.79 Å². The first-order valence-corrected chi connectivity index (χ1v) is 7.92. The topological polar surface area (TPSA) is 86.7 Å². The summed E-state index contributed by atoms with van der Waals surface area (Å²) in [6.45, 7) is 3.58. The molecule has 0 aromatic carbocycles. The molecule has 18 heavy (non-hydrogen) atoms. The van der Waals surface area contributed by atoms with Crippen LogP contribution in [-0.4, -0.2) is 54.7 Å². The van der Waals surface area contributed by atoms with Crippen LogP contribution in [0.25, 0.3) is 0 Å². The highest BCUT2D eigenvalue weighted by atomic mass is 32.2. The molecular formula is C11H22N2O4S. The number of amides is 1. The largest absolute Gasteiger partial charge is 0.394 e. The van der Waals surface area contributed by atoms with Gasteiger partial charge in [-0.05, 0) is 26.7 Å². The van der Waals surface area contributed by atoms with Crippen molar-refractivity contribution in [2.24, 2.45) is 0 Å². The number of sulfonamides is 1. The van der Waals surface area contributed by atoms with Crippen LogP contribution in [-0.2, 0) is 14.8 Å². The Hall–Kier alpha value is -0.660. The van der Waals surface area contributed by atoms with Crippen LogP contribution < -0.4 is 5.32 Å². The van der Waals surface area contributed by atoms with Gasteiger partial charge in [0.05, 0.1) is 18.4 Å². The first-order chi connectivity index (χ1) is 8.17. The van der Waals surface area contributed by atoms with Crippen molar-refractivity contribution >= 4 is 15.9 Å². The van der Waals surface area contributed by atoms with Gasteiger partial charge in [0, 0.05) is 6.54 Å². The van der Waals surface area contributed by atoms with Gasteiger partial charge >= 0.3 is 0 Å². The predicted octanol–water partition coefficient (Wildman–Crippen LogP) is -0.312. The van der Waals surface area contributed by atoms with Crippen molar-refractivity contribution in [2.45, 2.75) is 44.7 Å². The summed E-state index contributed by atoms with van der Waals surface area (Å²) in [7, 11) is -3.37. The van der Waals surface area contributed by atoms with Crippen LogP contribution in [0.2, 0.25) is 0 Å². The van der Waals surface area contributed by atoms with Gasteiger partial charge in [-0.1, -0.05) is 6.42 Å². The van der Waals surface area contributed by atoms with E-state index < -0.39 is 21.6 Å². The minimum Gasteiger partial charge on any atom is -0.394 e. The number of piperidine rings is 1. The molecule has 0 spiro atoms. The molecule has 1 aliphatic heterocycles.